The van der Waals surface area contributed by atoms with Gasteiger partial charge in [0.25, 0.3) is 0 Å². The van der Waals surface area contributed by atoms with Crippen LogP contribution in [0.2, 0.25) is 0 Å². The number of rotatable bonds is 6. The first-order valence-electron chi connectivity index (χ1n) is 7.24. The first kappa shape index (κ1) is 14.5. The van der Waals surface area contributed by atoms with Gasteiger partial charge in [-0.05, 0) is 48.7 Å². The summed E-state index contributed by atoms with van der Waals surface area (Å²) in [4.78, 5) is 6.40. The normalized spacial score (nSPS) is 12.2. The topological polar surface area (TPSA) is 42.1 Å². The number of aromatic nitrogens is 1. The molecule has 0 radical (unpaired) electrons. The van der Waals surface area contributed by atoms with Crippen LogP contribution in [-0.2, 0) is 6.54 Å². The van der Waals surface area contributed by atoms with E-state index in [1.165, 1.54) is 16.8 Å². The minimum absolute atomic E-state index is 0.138. The molecule has 0 amide bonds. The van der Waals surface area contributed by atoms with Crippen LogP contribution < -0.4 is 10.6 Å². The van der Waals surface area contributed by atoms with E-state index in [1.807, 2.05) is 12.4 Å². The Labute approximate surface area is 121 Å². The third-order valence-corrected chi connectivity index (χ3v) is 3.63. The maximum absolute atomic E-state index is 6.06. The molecule has 20 heavy (non-hydrogen) atoms. The molecule has 0 fully saturated rings. The van der Waals surface area contributed by atoms with Gasteiger partial charge in [0.05, 0.1) is 0 Å². The quantitative estimate of drug-likeness (QED) is 0.872. The van der Waals surface area contributed by atoms with E-state index in [9.17, 15) is 0 Å². The number of hydrogen-bond acceptors (Lipinski definition) is 3. The van der Waals surface area contributed by atoms with E-state index in [0.717, 1.165) is 19.5 Å². The minimum atomic E-state index is 0.138. The van der Waals surface area contributed by atoms with Crippen molar-refractivity contribution in [1.82, 2.24) is 4.98 Å². The Kier molecular flexibility index (Phi) is 5.13. The molecule has 0 spiro atoms. The predicted octanol–water partition coefficient (Wildman–Crippen LogP) is 3.52. The minimum Gasteiger partial charge on any atom is -0.367 e. The van der Waals surface area contributed by atoms with Crippen molar-refractivity contribution in [3.8, 4) is 0 Å². The highest BCUT2D eigenvalue weighted by Crippen LogP contribution is 2.21. The standard InChI is InChI=1S/C17H23N3/c1-3-17(18)15-5-7-16(8-6-15)20(4-2)13-14-9-11-19-12-10-14/h5-12,17H,3-4,13,18H2,1-2H3/t17-/m0/s1. The summed E-state index contributed by atoms with van der Waals surface area (Å²) in [5, 5.41) is 0. The molecular weight excluding hydrogens is 246 g/mol. The van der Waals surface area contributed by atoms with Crippen LogP contribution in [0, 0.1) is 0 Å². The summed E-state index contributed by atoms with van der Waals surface area (Å²) in [6.45, 7) is 6.16. The van der Waals surface area contributed by atoms with Crippen LogP contribution in [0.1, 0.15) is 37.4 Å². The molecule has 0 unspecified atom stereocenters. The Balaban J connectivity index is 2.11. The molecule has 2 N–H and O–H groups in total. The van der Waals surface area contributed by atoms with Crippen LogP contribution >= 0.6 is 0 Å². The molecule has 0 saturated carbocycles. The molecular formula is C17H23N3. The molecule has 0 bridgehead atoms. The van der Waals surface area contributed by atoms with Crippen molar-refractivity contribution >= 4 is 5.69 Å². The van der Waals surface area contributed by atoms with E-state index in [0.29, 0.717) is 0 Å². The van der Waals surface area contributed by atoms with Gasteiger partial charge in [0.15, 0.2) is 0 Å². The molecule has 2 aromatic rings. The summed E-state index contributed by atoms with van der Waals surface area (Å²) in [7, 11) is 0. The van der Waals surface area contributed by atoms with Crippen molar-refractivity contribution in [1.29, 1.82) is 0 Å². The number of hydrogen-bond donors (Lipinski definition) is 1. The van der Waals surface area contributed by atoms with Gasteiger partial charge in [-0.1, -0.05) is 19.1 Å². The van der Waals surface area contributed by atoms with Gasteiger partial charge < -0.3 is 10.6 Å². The fourth-order valence-electron chi connectivity index (χ4n) is 2.26. The number of nitrogens with two attached hydrogens (primary N) is 1. The van der Waals surface area contributed by atoms with Crippen molar-refractivity contribution in [2.75, 3.05) is 11.4 Å². The molecule has 3 nitrogen and oxygen atoms in total. The molecule has 0 aliphatic carbocycles. The monoisotopic (exact) mass is 269 g/mol. The zero-order valence-electron chi connectivity index (χ0n) is 12.3. The average molecular weight is 269 g/mol. The molecule has 106 valence electrons. The molecule has 2 rings (SSSR count). The second-order valence-electron chi connectivity index (χ2n) is 4.98. The van der Waals surface area contributed by atoms with Crippen molar-refractivity contribution < 1.29 is 0 Å². The van der Waals surface area contributed by atoms with Gasteiger partial charge in [0.1, 0.15) is 0 Å². The first-order chi connectivity index (χ1) is 9.74. The highest BCUT2D eigenvalue weighted by molar-refractivity contribution is 5.48. The lowest BCUT2D eigenvalue weighted by atomic mass is 10.0. The molecule has 0 aliphatic heterocycles. The maximum Gasteiger partial charge on any atom is 0.0430 e. The number of anilines is 1. The Morgan fingerprint density at radius 3 is 2.25 bits per heavy atom. The lowest BCUT2D eigenvalue weighted by Gasteiger charge is -2.24. The molecule has 1 heterocycles. The summed E-state index contributed by atoms with van der Waals surface area (Å²) >= 11 is 0. The van der Waals surface area contributed by atoms with Gasteiger partial charge in [-0.3, -0.25) is 4.98 Å². The Bertz CT molecular complexity index is 508. The summed E-state index contributed by atoms with van der Waals surface area (Å²) in [6.07, 6.45) is 4.65. The van der Waals surface area contributed by atoms with Gasteiger partial charge >= 0.3 is 0 Å². The molecule has 0 aliphatic rings. The maximum atomic E-state index is 6.06. The zero-order valence-corrected chi connectivity index (χ0v) is 12.3. The fraction of sp³-hybridized carbons (Fsp3) is 0.353. The van der Waals surface area contributed by atoms with E-state index in [4.69, 9.17) is 5.73 Å². The van der Waals surface area contributed by atoms with E-state index in [2.05, 4.69) is 60.1 Å². The Hall–Kier alpha value is -1.87. The summed E-state index contributed by atoms with van der Waals surface area (Å²) in [5.41, 5.74) is 9.77. The summed E-state index contributed by atoms with van der Waals surface area (Å²) in [6, 6.07) is 12.9. The van der Waals surface area contributed by atoms with Crippen molar-refractivity contribution in [3.05, 3.63) is 59.9 Å². The van der Waals surface area contributed by atoms with E-state index in [1.54, 1.807) is 0 Å². The van der Waals surface area contributed by atoms with Crippen LogP contribution in [0.15, 0.2) is 48.8 Å². The van der Waals surface area contributed by atoms with E-state index in [-0.39, 0.29) is 6.04 Å². The Morgan fingerprint density at radius 2 is 1.70 bits per heavy atom. The van der Waals surface area contributed by atoms with Crippen molar-refractivity contribution in [2.45, 2.75) is 32.9 Å². The van der Waals surface area contributed by atoms with Crippen LogP contribution in [0.25, 0.3) is 0 Å². The van der Waals surface area contributed by atoms with Crippen LogP contribution in [-0.4, -0.2) is 11.5 Å². The van der Waals surface area contributed by atoms with Gasteiger partial charge in [-0.25, -0.2) is 0 Å². The van der Waals surface area contributed by atoms with Gasteiger partial charge in [-0.15, -0.1) is 0 Å². The zero-order chi connectivity index (χ0) is 14.4. The van der Waals surface area contributed by atoms with Crippen LogP contribution in [0.4, 0.5) is 5.69 Å². The lowest BCUT2D eigenvalue weighted by Crippen LogP contribution is -2.22. The second kappa shape index (κ2) is 7.06. The summed E-state index contributed by atoms with van der Waals surface area (Å²) < 4.78 is 0. The number of benzene rings is 1. The van der Waals surface area contributed by atoms with Crippen LogP contribution in [0.3, 0.4) is 0 Å². The SMILES string of the molecule is CC[C@H](N)c1ccc(N(CC)Cc2ccncc2)cc1. The predicted molar refractivity (Wildman–Crippen MR) is 84.6 cm³/mol. The molecule has 1 aromatic carbocycles. The number of nitrogens with zero attached hydrogens (tertiary/aromatic N) is 2. The fourth-order valence-corrected chi connectivity index (χ4v) is 2.26. The largest absolute Gasteiger partial charge is 0.367 e. The molecule has 1 aromatic heterocycles. The van der Waals surface area contributed by atoms with E-state index >= 15 is 0 Å². The molecule has 0 saturated heterocycles. The van der Waals surface area contributed by atoms with Crippen molar-refractivity contribution in [3.63, 3.8) is 0 Å². The lowest BCUT2D eigenvalue weighted by molar-refractivity contribution is 0.698. The van der Waals surface area contributed by atoms with Gasteiger partial charge in [0.2, 0.25) is 0 Å². The second-order valence-corrected chi connectivity index (χ2v) is 4.98. The molecule has 3 heteroatoms. The van der Waals surface area contributed by atoms with E-state index < -0.39 is 0 Å². The highest BCUT2D eigenvalue weighted by Gasteiger charge is 2.07. The van der Waals surface area contributed by atoms with Gasteiger partial charge in [0, 0.05) is 37.2 Å². The highest BCUT2D eigenvalue weighted by atomic mass is 15.1. The third kappa shape index (κ3) is 3.58. The van der Waals surface area contributed by atoms with Crippen LogP contribution in [0.5, 0.6) is 0 Å². The number of pyridine rings is 1. The van der Waals surface area contributed by atoms with Gasteiger partial charge in [-0.2, -0.15) is 0 Å². The summed E-state index contributed by atoms with van der Waals surface area (Å²) in [5.74, 6) is 0. The average Bonchev–Trinajstić information content (AvgIpc) is 2.53. The first-order valence-corrected chi connectivity index (χ1v) is 7.24. The smallest absolute Gasteiger partial charge is 0.0430 e. The van der Waals surface area contributed by atoms with Crippen molar-refractivity contribution in [2.24, 2.45) is 5.73 Å². The Morgan fingerprint density at radius 1 is 1.05 bits per heavy atom. The molecule has 1 atom stereocenters. The third-order valence-electron chi connectivity index (χ3n) is 3.63.